The Hall–Kier alpha value is -1.84. The van der Waals surface area contributed by atoms with E-state index >= 15 is 0 Å². The van der Waals surface area contributed by atoms with E-state index in [0.29, 0.717) is 36.0 Å². The number of ether oxygens (including phenoxy) is 2. The zero-order chi connectivity index (χ0) is 25.6. The predicted octanol–water partition coefficient (Wildman–Crippen LogP) is 4.83. The molecule has 3 rings (SSSR count). The summed E-state index contributed by atoms with van der Waals surface area (Å²) >= 11 is 12.4. The van der Waals surface area contributed by atoms with E-state index in [9.17, 15) is 13.2 Å². The van der Waals surface area contributed by atoms with Crippen LogP contribution < -0.4 is 4.74 Å². The molecule has 2 aromatic rings. The topological polar surface area (TPSA) is 82.1 Å². The Morgan fingerprint density at radius 1 is 1.11 bits per heavy atom. The molecule has 1 aliphatic heterocycles. The Labute approximate surface area is 217 Å². The summed E-state index contributed by atoms with van der Waals surface area (Å²) in [4.78, 5) is 15.1. The molecule has 0 radical (unpaired) electrons. The molecular weight excluding hydrogens is 513 g/mol. The molecule has 0 aromatic heterocycles. The fraction of sp³-hybridized carbons (Fsp3) is 0.480. The largest absolute Gasteiger partial charge is 0.491 e. The molecule has 1 amide bonds. The van der Waals surface area contributed by atoms with Gasteiger partial charge < -0.3 is 14.4 Å². The summed E-state index contributed by atoms with van der Waals surface area (Å²) in [5, 5.41) is 0.795. The van der Waals surface area contributed by atoms with Gasteiger partial charge in [0.05, 0.1) is 48.6 Å². The van der Waals surface area contributed by atoms with Gasteiger partial charge >= 0.3 is 0 Å². The lowest BCUT2D eigenvalue weighted by atomic mass is 9.85. The van der Waals surface area contributed by atoms with E-state index < -0.39 is 15.7 Å². The van der Waals surface area contributed by atoms with Gasteiger partial charge in [-0.2, -0.15) is 8.42 Å². The molecule has 1 fully saturated rings. The van der Waals surface area contributed by atoms with Crippen LogP contribution in [-0.2, 0) is 35.9 Å². The standard InChI is InChI=1S/C25H31Cl2NO6S/c1-18(2)34-21-7-4-6-19(14-21)15-24(29)28-11-5-10-25(17-28,32-12-13-33-35(3,30)31)20-8-9-22(26)23(27)16-20/h4,6-9,14,16,18H,5,10-13,15,17H2,1-3H3. The number of benzene rings is 2. The molecule has 0 spiro atoms. The highest BCUT2D eigenvalue weighted by molar-refractivity contribution is 7.85. The average Bonchev–Trinajstić information content (AvgIpc) is 2.78. The second kappa shape index (κ2) is 11.9. The molecule has 0 aliphatic carbocycles. The molecule has 0 saturated carbocycles. The number of carbonyl (C=O) groups is 1. The monoisotopic (exact) mass is 543 g/mol. The van der Waals surface area contributed by atoms with Crippen molar-refractivity contribution in [2.45, 2.75) is 44.8 Å². The summed E-state index contributed by atoms with van der Waals surface area (Å²) in [5.74, 6) is 0.690. The number of piperidine rings is 1. The fourth-order valence-electron chi connectivity index (χ4n) is 4.16. The molecule has 1 aliphatic rings. The summed E-state index contributed by atoms with van der Waals surface area (Å²) in [6.07, 6.45) is 2.59. The number of carbonyl (C=O) groups excluding carboxylic acids is 1. The van der Waals surface area contributed by atoms with Crippen LogP contribution in [0, 0.1) is 0 Å². The summed E-state index contributed by atoms with van der Waals surface area (Å²) in [6, 6.07) is 12.8. The molecule has 35 heavy (non-hydrogen) atoms. The minimum absolute atomic E-state index is 0.0317. The lowest BCUT2D eigenvalue weighted by Gasteiger charge is -2.43. The smallest absolute Gasteiger partial charge is 0.264 e. The summed E-state index contributed by atoms with van der Waals surface area (Å²) in [7, 11) is -3.59. The Morgan fingerprint density at radius 3 is 2.57 bits per heavy atom. The van der Waals surface area contributed by atoms with Crippen molar-refractivity contribution >= 4 is 39.2 Å². The summed E-state index contributed by atoms with van der Waals surface area (Å²) in [5.41, 5.74) is 0.767. The number of nitrogens with zero attached hydrogens (tertiary/aromatic N) is 1. The summed E-state index contributed by atoms with van der Waals surface area (Å²) in [6.45, 7) is 4.70. The Morgan fingerprint density at radius 2 is 1.89 bits per heavy atom. The van der Waals surface area contributed by atoms with Gasteiger partial charge in [-0.1, -0.05) is 41.4 Å². The molecule has 0 bridgehead atoms. The van der Waals surface area contributed by atoms with Gasteiger partial charge in [-0.25, -0.2) is 0 Å². The number of halogens is 2. The molecule has 1 saturated heterocycles. The molecule has 2 aromatic carbocycles. The second-order valence-corrected chi connectivity index (χ2v) is 11.4. The second-order valence-electron chi connectivity index (χ2n) is 8.91. The lowest BCUT2D eigenvalue weighted by Crippen LogP contribution is -2.50. The quantitative estimate of drug-likeness (QED) is 0.315. The van der Waals surface area contributed by atoms with Crippen molar-refractivity contribution < 1.29 is 26.9 Å². The van der Waals surface area contributed by atoms with Gasteiger partial charge in [0.25, 0.3) is 10.1 Å². The van der Waals surface area contributed by atoms with Crippen LogP contribution in [-0.4, -0.2) is 57.9 Å². The van der Waals surface area contributed by atoms with Crippen LogP contribution >= 0.6 is 23.2 Å². The highest BCUT2D eigenvalue weighted by atomic mass is 35.5. The van der Waals surface area contributed by atoms with Crippen LogP contribution in [0.15, 0.2) is 42.5 Å². The first-order valence-electron chi connectivity index (χ1n) is 11.4. The molecule has 1 unspecified atom stereocenters. The normalized spacial score (nSPS) is 18.6. The first-order valence-corrected chi connectivity index (χ1v) is 14.0. The maximum absolute atomic E-state index is 13.3. The molecule has 1 heterocycles. The van der Waals surface area contributed by atoms with E-state index in [-0.39, 0.29) is 31.6 Å². The van der Waals surface area contributed by atoms with E-state index in [1.54, 1.807) is 17.0 Å². The van der Waals surface area contributed by atoms with Crippen molar-refractivity contribution in [3.63, 3.8) is 0 Å². The van der Waals surface area contributed by atoms with Gasteiger partial charge in [0.1, 0.15) is 11.4 Å². The van der Waals surface area contributed by atoms with Gasteiger partial charge in [0, 0.05) is 6.54 Å². The Balaban J connectivity index is 1.79. The zero-order valence-corrected chi connectivity index (χ0v) is 22.5. The van der Waals surface area contributed by atoms with E-state index in [1.807, 2.05) is 44.2 Å². The van der Waals surface area contributed by atoms with Crippen LogP contribution in [0.25, 0.3) is 0 Å². The minimum atomic E-state index is -3.59. The van der Waals surface area contributed by atoms with Gasteiger partial charge in [0.2, 0.25) is 5.91 Å². The first kappa shape index (κ1) is 27.7. The van der Waals surface area contributed by atoms with Crippen molar-refractivity contribution in [1.29, 1.82) is 0 Å². The third kappa shape index (κ3) is 8.08. The Bertz CT molecular complexity index is 1140. The van der Waals surface area contributed by atoms with Crippen LogP contribution in [0.1, 0.15) is 37.8 Å². The number of likely N-dealkylation sites (tertiary alicyclic amines) is 1. The lowest BCUT2D eigenvalue weighted by molar-refractivity contribution is -0.144. The predicted molar refractivity (Wildman–Crippen MR) is 137 cm³/mol. The van der Waals surface area contributed by atoms with Crippen LogP contribution in [0.3, 0.4) is 0 Å². The van der Waals surface area contributed by atoms with Crippen LogP contribution in [0.4, 0.5) is 0 Å². The molecule has 7 nitrogen and oxygen atoms in total. The van der Waals surface area contributed by atoms with Crippen molar-refractivity contribution in [3.8, 4) is 5.75 Å². The van der Waals surface area contributed by atoms with E-state index in [0.717, 1.165) is 23.1 Å². The van der Waals surface area contributed by atoms with Crippen molar-refractivity contribution in [3.05, 3.63) is 63.6 Å². The fourth-order valence-corrected chi connectivity index (χ4v) is 4.83. The molecular formula is C25H31Cl2NO6S. The number of hydrogen-bond donors (Lipinski definition) is 0. The van der Waals surface area contributed by atoms with Gasteiger partial charge in [-0.15, -0.1) is 0 Å². The van der Waals surface area contributed by atoms with E-state index in [2.05, 4.69) is 0 Å². The van der Waals surface area contributed by atoms with Crippen LogP contribution in [0.2, 0.25) is 10.0 Å². The maximum atomic E-state index is 13.3. The van der Waals surface area contributed by atoms with Gasteiger partial charge in [-0.05, 0) is 62.1 Å². The maximum Gasteiger partial charge on any atom is 0.264 e. The zero-order valence-electron chi connectivity index (χ0n) is 20.1. The molecule has 1 atom stereocenters. The van der Waals surface area contributed by atoms with Gasteiger partial charge in [-0.3, -0.25) is 8.98 Å². The van der Waals surface area contributed by atoms with Crippen molar-refractivity contribution in [2.24, 2.45) is 0 Å². The number of hydrogen-bond acceptors (Lipinski definition) is 6. The van der Waals surface area contributed by atoms with Crippen molar-refractivity contribution in [2.75, 3.05) is 32.6 Å². The van der Waals surface area contributed by atoms with Crippen LogP contribution in [0.5, 0.6) is 5.75 Å². The SMILES string of the molecule is CC(C)Oc1cccc(CC(=O)N2CCCC(OCCOS(C)(=O)=O)(c3ccc(Cl)c(Cl)c3)C2)c1. The number of rotatable bonds is 10. The third-order valence-electron chi connectivity index (χ3n) is 5.64. The average molecular weight is 544 g/mol. The molecule has 0 N–H and O–H groups in total. The van der Waals surface area contributed by atoms with E-state index in [4.69, 9.17) is 36.9 Å². The van der Waals surface area contributed by atoms with E-state index in [1.165, 1.54) is 0 Å². The van der Waals surface area contributed by atoms with Crippen molar-refractivity contribution in [1.82, 2.24) is 4.90 Å². The minimum Gasteiger partial charge on any atom is -0.491 e. The highest BCUT2D eigenvalue weighted by Gasteiger charge is 2.40. The van der Waals surface area contributed by atoms with Gasteiger partial charge in [0.15, 0.2) is 0 Å². The third-order valence-corrected chi connectivity index (χ3v) is 6.97. The highest BCUT2D eigenvalue weighted by Crippen LogP contribution is 2.38. The Kier molecular flexibility index (Phi) is 9.46. The summed E-state index contributed by atoms with van der Waals surface area (Å²) < 4.78 is 39.5. The first-order chi connectivity index (χ1) is 16.5. The number of amides is 1. The molecule has 192 valence electrons. The molecule has 10 heteroatoms.